The highest BCUT2D eigenvalue weighted by Gasteiger charge is 2.10. The molecule has 0 saturated carbocycles. The molecule has 0 aliphatic heterocycles. The van der Waals surface area contributed by atoms with Gasteiger partial charge in [-0.3, -0.25) is 4.98 Å². The molecule has 0 fully saturated rings. The summed E-state index contributed by atoms with van der Waals surface area (Å²) in [7, 11) is 0. The summed E-state index contributed by atoms with van der Waals surface area (Å²) >= 11 is 0. The summed E-state index contributed by atoms with van der Waals surface area (Å²) < 4.78 is 26.3. The van der Waals surface area contributed by atoms with Gasteiger partial charge in [0.2, 0.25) is 0 Å². The third kappa shape index (κ3) is 3.72. The van der Waals surface area contributed by atoms with E-state index in [1.807, 2.05) is 0 Å². The number of rotatable bonds is 3. The Labute approximate surface area is 117 Å². The first kappa shape index (κ1) is 14.4. The van der Waals surface area contributed by atoms with Gasteiger partial charge in [-0.05, 0) is 18.2 Å². The molecule has 21 heavy (non-hydrogen) atoms. The Kier molecular flexibility index (Phi) is 4.07. The topological polar surface area (TPSA) is 91.3 Å². The first-order valence-corrected chi connectivity index (χ1v) is 5.67. The lowest BCUT2D eigenvalue weighted by Crippen LogP contribution is -2.20. The lowest BCUT2D eigenvalue weighted by atomic mass is 10.2. The van der Waals surface area contributed by atoms with Crippen LogP contribution in [-0.4, -0.2) is 22.1 Å². The van der Waals surface area contributed by atoms with Crippen LogP contribution in [0, 0.1) is 11.6 Å². The fraction of sp³-hybridized carbons (Fsp3) is 0. The van der Waals surface area contributed by atoms with E-state index in [0.29, 0.717) is 0 Å². The van der Waals surface area contributed by atoms with Gasteiger partial charge in [0.1, 0.15) is 11.6 Å². The number of amides is 2. The highest BCUT2D eigenvalue weighted by Crippen LogP contribution is 2.16. The van der Waals surface area contributed by atoms with E-state index in [-0.39, 0.29) is 16.9 Å². The summed E-state index contributed by atoms with van der Waals surface area (Å²) in [6.07, 6.45) is 2.33. The molecule has 0 spiro atoms. The second kappa shape index (κ2) is 5.95. The highest BCUT2D eigenvalue weighted by molar-refractivity contribution is 6.00. The first-order valence-electron chi connectivity index (χ1n) is 5.67. The number of carbonyl (C=O) groups excluding carboxylic acids is 1. The van der Waals surface area contributed by atoms with Gasteiger partial charge in [0.25, 0.3) is 0 Å². The van der Waals surface area contributed by atoms with Crippen LogP contribution in [-0.2, 0) is 0 Å². The number of benzene rings is 1. The van der Waals surface area contributed by atoms with E-state index >= 15 is 0 Å². The number of carboxylic acids is 1. The maximum Gasteiger partial charge on any atom is 0.337 e. The fourth-order valence-electron chi connectivity index (χ4n) is 1.50. The van der Waals surface area contributed by atoms with Crippen LogP contribution in [0.5, 0.6) is 0 Å². The van der Waals surface area contributed by atoms with Gasteiger partial charge in [0.15, 0.2) is 0 Å². The minimum Gasteiger partial charge on any atom is -0.478 e. The van der Waals surface area contributed by atoms with Crippen molar-refractivity contribution in [3.63, 3.8) is 0 Å². The number of carboxylic acid groups (broad SMARTS) is 1. The Hall–Kier alpha value is -3.03. The quantitative estimate of drug-likeness (QED) is 0.811. The number of anilines is 2. The third-order valence-corrected chi connectivity index (χ3v) is 2.42. The SMILES string of the molecule is O=C(Nc1cncc(C(=O)O)c1)Nc1cc(F)ccc1F. The Balaban J connectivity index is 2.10. The van der Waals surface area contributed by atoms with Gasteiger partial charge in [0.05, 0.1) is 23.1 Å². The van der Waals surface area contributed by atoms with Crippen molar-refractivity contribution in [2.24, 2.45) is 0 Å². The number of hydrogen-bond acceptors (Lipinski definition) is 3. The smallest absolute Gasteiger partial charge is 0.337 e. The molecule has 1 heterocycles. The van der Waals surface area contributed by atoms with Crippen molar-refractivity contribution in [3.05, 3.63) is 53.9 Å². The van der Waals surface area contributed by atoms with Crippen LogP contribution < -0.4 is 10.6 Å². The van der Waals surface area contributed by atoms with E-state index in [2.05, 4.69) is 15.6 Å². The van der Waals surface area contributed by atoms with Gasteiger partial charge in [-0.2, -0.15) is 0 Å². The van der Waals surface area contributed by atoms with Crippen LogP contribution in [0.15, 0.2) is 36.7 Å². The fourth-order valence-corrected chi connectivity index (χ4v) is 1.50. The van der Waals surface area contributed by atoms with Crippen molar-refractivity contribution < 1.29 is 23.5 Å². The summed E-state index contributed by atoms with van der Waals surface area (Å²) in [5.74, 6) is -2.71. The molecule has 8 heteroatoms. The zero-order valence-electron chi connectivity index (χ0n) is 10.4. The van der Waals surface area contributed by atoms with Crippen molar-refractivity contribution in [3.8, 4) is 0 Å². The normalized spacial score (nSPS) is 10.0. The lowest BCUT2D eigenvalue weighted by molar-refractivity contribution is 0.0696. The van der Waals surface area contributed by atoms with Crippen molar-refractivity contribution in [2.45, 2.75) is 0 Å². The minimum atomic E-state index is -1.21. The molecule has 108 valence electrons. The van der Waals surface area contributed by atoms with Crippen LogP contribution in [0.4, 0.5) is 25.0 Å². The van der Waals surface area contributed by atoms with E-state index in [4.69, 9.17) is 5.11 Å². The number of aromatic carboxylic acids is 1. The average Bonchev–Trinajstić information content (AvgIpc) is 2.43. The molecular weight excluding hydrogens is 284 g/mol. The van der Waals surface area contributed by atoms with Crippen LogP contribution in [0.3, 0.4) is 0 Å². The van der Waals surface area contributed by atoms with Crippen LogP contribution in [0.2, 0.25) is 0 Å². The molecule has 3 N–H and O–H groups in total. The number of nitrogens with one attached hydrogen (secondary N) is 2. The van der Waals surface area contributed by atoms with E-state index in [1.54, 1.807) is 0 Å². The summed E-state index contributed by atoms with van der Waals surface area (Å²) in [5.41, 5.74) is -0.358. The number of carbonyl (C=O) groups is 2. The zero-order chi connectivity index (χ0) is 15.4. The van der Waals surface area contributed by atoms with Gasteiger partial charge in [-0.15, -0.1) is 0 Å². The van der Waals surface area contributed by atoms with Crippen molar-refractivity contribution in [1.82, 2.24) is 4.98 Å². The van der Waals surface area contributed by atoms with Crippen LogP contribution in [0.1, 0.15) is 10.4 Å². The Bertz CT molecular complexity index is 707. The molecule has 0 unspecified atom stereocenters. The van der Waals surface area contributed by atoms with Gasteiger partial charge in [-0.1, -0.05) is 0 Å². The van der Waals surface area contributed by atoms with E-state index in [0.717, 1.165) is 24.4 Å². The minimum absolute atomic E-state index is 0.101. The number of hydrogen-bond donors (Lipinski definition) is 3. The molecule has 0 saturated heterocycles. The third-order valence-electron chi connectivity index (χ3n) is 2.42. The van der Waals surface area contributed by atoms with E-state index in [9.17, 15) is 18.4 Å². The van der Waals surface area contributed by atoms with Crippen LogP contribution in [0.25, 0.3) is 0 Å². The number of halogens is 2. The molecule has 0 radical (unpaired) electrons. The molecule has 2 rings (SSSR count). The standard InChI is InChI=1S/C13H9F2N3O3/c14-8-1-2-10(15)11(4-8)18-13(21)17-9-3-7(12(19)20)5-16-6-9/h1-6H,(H,19,20)(H2,17,18,21). The number of urea groups is 1. The van der Waals surface area contributed by atoms with Crippen molar-refractivity contribution in [1.29, 1.82) is 0 Å². The summed E-state index contributed by atoms with van der Waals surface area (Å²) in [6.45, 7) is 0. The molecule has 2 amide bonds. The molecule has 2 aromatic rings. The largest absolute Gasteiger partial charge is 0.478 e. The van der Waals surface area contributed by atoms with Crippen molar-refractivity contribution in [2.75, 3.05) is 10.6 Å². The maximum atomic E-state index is 13.3. The monoisotopic (exact) mass is 293 g/mol. The number of nitrogens with zero attached hydrogens (tertiary/aromatic N) is 1. The molecular formula is C13H9F2N3O3. The van der Waals surface area contributed by atoms with Gasteiger partial charge < -0.3 is 15.7 Å². The zero-order valence-corrected chi connectivity index (χ0v) is 10.4. The van der Waals surface area contributed by atoms with Gasteiger partial charge >= 0.3 is 12.0 Å². The molecule has 6 nitrogen and oxygen atoms in total. The predicted molar refractivity (Wildman–Crippen MR) is 70.2 cm³/mol. The van der Waals surface area contributed by atoms with E-state index in [1.165, 1.54) is 12.3 Å². The second-order valence-electron chi connectivity index (χ2n) is 3.97. The molecule has 0 aliphatic carbocycles. The average molecular weight is 293 g/mol. The summed E-state index contributed by atoms with van der Waals surface area (Å²) in [5, 5.41) is 13.2. The van der Waals surface area contributed by atoms with Crippen LogP contribution >= 0.6 is 0 Å². The number of aromatic nitrogens is 1. The molecule has 0 bridgehead atoms. The first-order chi connectivity index (χ1) is 9.95. The van der Waals surface area contributed by atoms with Gasteiger partial charge in [-0.25, -0.2) is 18.4 Å². The van der Waals surface area contributed by atoms with E-state index < -0.39 is 23.6 Å². The highest BCUT2D eigenvalue weighted by atomic mass is 19.1. The number of pyridine rings is 1. The molecule has 0 aliphatic rings. The maximum absolute atomic E-state index is 13.3. The molecule has 1 aromatic carbocycles. The molecule has 0 atom stereocenters. The van der Waals surface area contributed by atoms with Gasteiger partial charge in [0, 0.05) is 12.3 Å². The summed E-state index contributed by atoms with van der Waals surface area (Å²) in [6, 6.07) is 2.93. The Morgan fingerprint density at radius 1 is 1.10 bits per heavy atom. The lowest BCUT2D eigenvalue weighted by Gasteiger charge is -2.08. The Morgan fingerprint density at radius 3 is 2.57 bits per heavy atom. The Morgan fingerprint density at radius 2 is 1.86 bits per heavy atom. The molecule has 1 aromatic heterocycles. The predicted octanol–water partition coefficient (Wildman–Crippen LogP) is 2.70. The summed E-state index contributed by atoms with van der Waals surface area (Å²) in [4.78, 5) is 26.0. The van der Waals surface area contributed by atoms with Crippen molar-refractivity contribution >= 4 is 23.4 Å². The second-order valence-corrected chi connectivity index (χ2v) is 3.97.